The summed E-state index contributed by atoms with van der Waals surface area (Å²) in [6, 6.07) is 1.98. The van der Waals surface area contributed by atoms with E-state index in [2.05, 4.69) is 15.3 Å². The largest absolute Gasteiger partial charge is 0.376 e. The van der Waals surface area contributed by atoms with E-state index in [1.807, 2.05) is 22.2 Å². The second-order valence-electron chi connectivity index (χ2n) is 4.82. The standard InChI is InChI=1S/C12H17N5OS/c1-9-4-5-13-17(9)8-11-14-15-12(19)16(11)7-10-3-2-6-18-10/h4-5,10H,2-3,6-8H2,1H3,(H,15,19)/t10-/m1/s1. The summed E-state index contributed by atoms with van der Waals surface area (Å²) in [7, 11) is 0. The third-order valence-corrected chi connectivity index (χ3v) is 3.78. The maximum Gasteiger partial charge on any atom is 0.195 e. The lowest BCUT2D eigenvalue weighted by atomic mass is 10.2. The smallest absolute Gasteiger partial charge is 0.195 e. The van der Waals surface area contributed by atoms with Gasteiger partial charge in [0, 0.05) is 18.5 Å². The highest BCUT2D eigenvalue weighted by Crippen LogP contribution is 2.15. The number of hydrogen-bond acceptors (Lipinski definition) is 4. The molecule has 6 nitrogen and oxygen atoms in total. The van der Waals surface area contributed by atoms with E-state index in [1.165, 1.54) is 0 Å². The minimum Gasteiger partial charge on any atom is -0.376 e. The number of nitrogens with one attached hydrogen (secondary N) is 1. The van der Waals surface area contributed by atoms with Gasteiger partial charge in [0.2, 0.25) is 0 Å². The topological polar surface area (TPSA) is 60.7 Å². The van der Waals surface area contributed by atoms with Gasteiger partial charge in [-0.25, -0.2) is 0 Å². The third-order valence-electron chi connectivity index (χ3n) is 3.47. The van der Waals surface area contributed by atoms with Crippen molar-refractivity contribution < 1.29 is 4.74 Å². The Morgan fingerprint density at radius 3 is 3.16 bits per heavy atom. The molecule has 0 aromatic carbocycles. The predicted molar refractivity (Wildman–Crippen MR) is 72.5 cm³/mol. The first kappa shape index (κ1) is 12.6. The summed E-state index contributed by atoms with van der Waals surface area (Å²) in [5.74, 6) is 0.896. The second-order valence-corrected chi connectivity index (χ2v) is 5.21. The van der Waals surface area contributed by atoms with Crippen molar-refractivity contribution in [3.05, 3.63) is 28.6 Å². The Hall–Kier alpha value is -1.47. The Morgan fingerprint density at radius 1 is 1.58 bits per heavy atom. The Bertz CT molecular complexity index is 608. The highest BCUT2D eigenvalue weighted by Gasteiger charge is 2.18. The van der Waals surface area contributed by atoms with E-state index in [0.717, 1.165) is 37.5 Å². The maximum absolute atomic E-state index is 5.66. The van der Waals surface area contributed by atoms with E-state index < -0.39 is 0 Å². The molecular weight excluding hydrogens is 262 g/mol. The molecule has 102 valence electrons. The SMILES string of the molecule is Cc1ccnn1Cc1n[nH]c(=S)n1C[C@H]1CCCO1. The average Bonchev–Trinajstić information content (AvgIpc) is 3.09. The van der Waals surface area contributed by atoms with Gasteiger partial charge in [0.05, 0.1) is 12.6 Å². The molecule has 1 aliphatic heterocycles. The minimum atomic E-state index is 0.252. The third kappa shape index (κ3) is 2.62. The van der Waals surface area contributed by atoms with Gasteiger partial charge in [-0.1, -0.05) is 0 Å². The van der Waals surface area contributed by atoms with Crippen LogP contribution in [0.15, 0.2) is 12.3 Å². The molecule has 0 saturated carbocycles. The van der Waals surface area contributed by atoms with Crippen molar-refractivity contribution in [2.75, 3.05) is 6.61 Å². The summed E-state index contributed by atoms with van der Waals surface area (Å²) >= 11 is 5.30. The van der Waals surface area contributed by atoms with E-state index in [1.54, 1.807) is 6.20 Å². The van der Waals surface area contributed by atoms with Gasteiger partial charge >= 0.3 is 0 Å². The fourth-order valence-corrected chi connectivity index (χ4v) is 2.58. The highest BCUT2D eigenvalue weighted by atomic mass is 32.1. The van der Waals surface area contributed by atoms with Crippen LogP contribution in [-0.4, -0.2) is 37.3 Å². The molecule has 0 bridgehead atoms. The van der Waals surface area contributed by atoms with Crippen molar-refractivity contribution in [2.45, 2.75) is 39.0 Å². The second kappa shape index (κ2) is 5.26. The molecule has 0 radical (unpaired) electrons. The van der Waals surface area contributed by atoms with Crippen LogP contribution in [0.3, 0.4) is 0 Å². The number of aryl methyl sites for hydroxylation is 1. The van der Waals surface area contributed by atoms with Crippen LogP contribution in [0.2, 0.25) is 0 Å². The molecule has 0 aliphatic carbocycles. The fourth-order valence-electron chi connectivity index (χ4n) is 2.35. The van der Waals surface area contributed by atoms with Crippen molar-refractivity contribution in [2.24, 2.45) is 0 Å². The average molecular weight is 279 g/mol. The first-order chi connectivity index (χ1) is 9.24. The van der Waals surface area contributed by atoms with E-state index in [4.69, 9.17) is 17.0 Å². The molecule has 7 heteroatoms. The number of aromatic amines is 1. The molecule has 2 aromatic heterocycles. The molecule has 1 saturated heterocycles. The van der Waals surface area contributed by atoms with Gasteiger partial charge in [-0.3, -0.25) is 14.3 Å². The molecule has 1 fully saturated rings. The number of hydrogen-bond donors (Lipinski definition) is 1. The lowest BCUT2D eigenvalue weighted by molar-refractivity contribution is 0.0958. The molecule has 0 amide bonds. The van der Waals surface area contributed by atoms with Gasteiger partial charge in [-0.15, -0.1) is 0 Å². The summed E-state index contributed by atoms with van der Waals surface area (Å²) in [5.41, 5.74) is 1.11. The highest BCUT2D eigenvalue weighted by molar-refractivity contribution is 7.71. The van der Waals surface area contributed by atoms with E-state index in [-0.39, 0.29) is 6.10 Å². The molecule has 0 spiro atoms. The van der Waals surface area contributed by atoms with Crippen molar-refractivity contribution in [3.63, 3.8) is 0 Å². The van der Waals surface area contributed by atoms with E-state index >= 15 is 0 Å². The summed E-state index contributed by atoms with van der Waals surface area (Å²) in [6.45, 7) is 4.27. The summed E-state index contributed by atoms with van der Waals surface area (Å²) in [5, 5.41) is 11.4. The molecule has 1 atom stereocenters. The van der Waals surface area contributed by atoms with Crippen LogP contribution in [0.25, 0.3) is 0 Å². The number of ether oxygens (including phenoxy) is 1. The fraction of sp³-hybridized carbons (Fsp3) is 0.583. The van der Waals surface area contributed by atoms with Crippen LogP contribution in [0.1, 0.15) is 24.4 Å². The van der Waals surface area contributed by atoms with Crippen LogP contribution in [0, 0.1) is 11.7 Å². The molecule has 3 rings (SSSR count). The Morgan fingerprint density at radius 2 is 2.47 bits per heavy atom. The van der Waals surface area contributed by atoms with Gasteiger partial charge < -0.3 is 4.74 Å². The lowest BCUT2D eigenvalue weighted by Crippen LogP contribution is -2.19. The normalized spacial score (nSPS) is 19.1. The Balaban J connectivity index is 1.81. The molecule has 19 heavy (non-hydrogen) atoms. The first-order valence-corrected chi connectivity index (χ1v) is 6.89. The summed E-state index contributed by atoms with van der Waals surface area (Å²) in [4.78, 5) is 0. The summed E-state index contributed by atoms with van der Waals surface area (Å²) < 4.78 is 10.2. The van der Waals surface area contributed by atoms with Crippen molar-refractivity contribution in [1.29, 1.82) is 0 Å². The summed E-state index contributed by atoms with van der Waals surface area (Å²) in [6.07, 6.45) is 4.26. The zero-order chi connectivity index (χ0) is 13.2. The Labute approximate surface area is 116 Å². The maximum atomic E-state index is 5.66. The van der Waals surface area contributed by atoms with Crippen LogP contribution in [0.4, 0.5) is 0 Å². The zero-order valence-electron chi connectivity index (χ0n) is 10.9. The number of rotatable bonds is 4. The Kier molecular flexibility index (Phi) is 3.48. The van der Waals surface area contributed by atoms with Gasteiger partial charge in [-0.2, -0.15) is 10.2 Å². The minimum absolute atomic E-state index is 0.252. The predicted octanol–water partition coefficient (Wildman–Crippen LogP) is 1.67. The molecule has 3 heterocycles. The van der Waals surface area contributed by atoms with Gasteiger partial charge in [0.15, 0.2) is 10.6 Å². The van der Waals surface area contributed by atoms with E-state index in [9.17, 15) is 0 Å². The van der Waals surface area contributed by atoms with Crippen LogP contribution >= 0.6 is 12.2 Å². The molecule has 2 aromatic rings. The van der Waals surface area contributed by atoms with Crippen molar-refractivity contribution >= 4 is 12.2 Å². The number of aromatic nitrogens is 5. The molecule has 1 N–H and O–H groups in total. The van der Waals surface area contributed by atoms with Crippen molar-refractivity contribution in [1.82, 2.24) is 24.5 Å². The monoisotopic (exact) mass is 279 g/mol. The zero-order valence-corrected chi connectivity index (χ0v) is 11.7. The lowest BCUT2D eigenvalue weighted by Gasteiger charge is -2.12. The van der Waals surface area contributed by atoms with Crippen LogP contribution in [0.5, 0.6) is 0 Å². The molecule has 0 unspecified atom stereocenters. The van der Waals surface area contributed by atoms with E-state index in [0.29, 0.717) is 11.3 Å². The van der Waals surface area contributed by atoms with Crippen molar-refractivity contribution in [3.8, 4) is 0 Å². The van der Waals surface area contributed by atoms with Crippen LogP contribution < -0.4 is 0 Å². The number of H-pyrrole nitrogens is 1. The van der Waals surface area contributed by atoms with Gasteiger partial charge in [0.25, 0.3) is 0 Å². The molecular formula is C12H17N5OS. The van der Waals surface area contributed by atoms with Gasteiger partial charge in [-0.05, 0) is 38.0 Å². The van der Waals surface area contributed by atoms with Gasteiger partial charge in [0.1, 0.15) is 6.54 Å². The first-order valence-electron chi connectivity index (χ1n) is 6.48. The quantitative estimate of drug-likeness (QED) is 0.865. The van der Waals surface area contributed by atoms with Crippen LogP contribution in [-0.2, 0) is 17.8 Å². The molecule has 1 aliphatic rings. The number of nitrogens with zero attached hydrogens (tertiary/aromatic N) is 4.